The smallest absolute Gasteiger partial charge is 0.245 e. The van der Waals surface area contributed by atoms with E-state index in [-0.39, 0.29) is 17.0 Å². The summed E-state index contributed by atoms with van der Waals surface area (Å²) in [5, 5.41) is 2.85. The van der Waals surface area contributed by atoms with E-state index in [0.29, 0.717) is 0 Å². The highest BCUT2D eigenvalue weighted by Gasteiger charge is 2.22. The Labute approximate surface area is 111 Å². The second kappa shape index (κ2) is 6.15. The summed E-state index contributed by atoms with van der Waals surface area (Å²) >= 11 is 6.08. The summed E-state index contributed by atoms with van der Waals surface area (Å²) in [6, 6.07) is 7.41. The Bertz CT molecular complexity index is 407. The number of hydrogen-bond donors (Lipinski definition) is 1. The first-order valence-corrected chi connectivity index (χ1v) is 6.69. The van der Waals surface area contributed by atoms with E-state index in [0.717, 1.165) is 11.3 Å². The van der Waals surface area contributed by atoms with Crippen molar-refractivity contribution in [2.75, 3.05) is 10.6 Å². The summed E-state index contributed by atoms with van der Waals surface area (Å²) < 4.78 is 0. The Kier molecular flexibility index (Phi) is 5.15. The fourth-order valence-corrected chi connectivity index (χ4v) is 2.16. The number of carbonyl (C=O) groups is 2. The topological polar surface area (TPSA) is 46.2 Å². The van der Waals surface area contributed by atoms with Crippen molar-refractivity contribution in [1.29, 1.82) is 0 Å². The molecule has 0 bridgehead atoms. The molecule has 0 spiro atoms. The molecule has 0 aromatic heterocycles. The minimum atomic E-state index is -0.813. The van der Waals surface area contributed by atoms with Gasteiger partial charge in [-0.25, -0.2) is 0 Å². The number of anilines is 1. The molecule has 1 atom stereocenters. The predicted octanol–water partition coefficient (Wildman–Crippen LogP) is 2.66. The molecule has 1 aromatic rings. The van der Waals surface area contributed by atoms with Gasteiger partial charge in [0.25, 0.3) is 0 Å². The quantitative estimate of drug-likeness (QED) is 0.671. The van der Waals surface area contributed by atoms with Crippen molar-refractivity contribution >= 4 is 49.2 Å². The van der Waals surface area contributed by atoms with Crippen LogP contribution in [0.2, 0.25) is 0 Å². The maximum atomic E-state index is 11.7. The van der Waals surface area contributed by atoms with Gasteiger partial charge < -0.3 is 5.32 Å². The van der Waals surface area contributed by atoms with Gasteiger partial charge in [0.1, 0.15) is 0 Å². The number of benzene rings is 1. The molecular formula is C11H11Br2NO2. The Morgan fingerprint density at radius 1 is 1.38 bits per heavy atom. The van der Waals surface area contributed by atoms with E-state index in [1.165, 1.54) is 0 Å². The summed E-state index contributed by atoms with van der Waals surface area (Å²) in [6.45, 7) is 1.89. The number of para-hydroxylation sites is 1. The molecule has 0 saturated heterocycles. The van der Waals surface area contributed by atoms with Crippen LogP contribution in [0.3, 0.4) is 0 Å². The molecule has 0 aliphatic carbocycles. The van der Waals surface area contributed by atoms with Crippen LogP contribution in [0.15, 0.2) is 24.3 Å². The Balaban J connectivity index is 2.72. The lowest BCUT2D eigenvalue weighted by molar-refractivity contribution is -0.123. The van der Waals surface area contributed by atoms with Crippen molar-refractivity contribution in [3.05, 3.63) is 29.8 Å². The summed E-state index contributed by atoms with van der Waals surface area (Å²) in [6.07, 6.45) is 0. The molecule has 86 valence electrons. The summed E-state index contributed by atoms with van der Waals surface area (Å²) in [5.74, 6) is -0.551. The molecule has 1 N–H and O–H groups in total. The Morgan fingerprint density at radius 2 is 2.00 bits per heavy atom. The molecule has 0 fully saturated rings. The number of alkyl halides is 2. The van der Waals surface area contributed by atoms with Crippen LogP contribution in [0, 0.1) is 6.92 Å². The number of rotatable bonds is 4. The maximum Gasteiger partial charge on any atom is 0.245 e. The van der Waals surface area contributed by atoms with Gasteiger partial charge in [-0.05, 0) is 18.6 Å². The molecule has 0 aliphatic rings. The first kappa shape index (κ1) is 13.4. The molecule has 3 nitrogen and oxygen atoms in total. The summed E-state index contributed by atoms with van der Waals surface area (Å²) in [7, 11) is 0. The van der Waals surface area contributed by atoms with Gasteiger partial charge in [0.2, 0.25) is 5.91 Å². The van der Waals surface area contributed by atoms with Crippen molar-refractivity contribution in [2.24, 2.45) is 0 Å². The van der Waals surface area contributed by atoms with Gasteiger partial charge in [-0.1, -0.05) is 50.1 Å². The number of aryl methyl sites for hydroxylation is 1. The molecule has 1 aromatic carbocycles. The third kappa shape index (κ3) is 3.42. The van der Waals surface area contributed by atoms with E-state index in [2.05, 4.69) is 37.2 Å². The van der Waals surface area contributed by atoms with E-state index in [4.69, 9.17) is 0 Å². The van der Waals surface area contributed by atoms with E-state index in [9.17, 15) is 9.59 Å². The van der Waals surface area contributed by atoms with Crippen LogP contribution >= 0.6 is 31.9 Å². The van der Waals surface area contributed by atoms with Gasteiger partial charge in [-0.15, -0.1) is 0 Å². The molecule has 1 rings (SSSR count). The number of nitrogens with one attached hydrogen (secondary N) is 1. The van der Waals surface area contributed by atoms with Gasteiger partial charge in [0.05, 0.1) is 5.33 Å². The maximum absolute atomic E-state index is 11.7. The molecule has 0 heterocycles. The zero-order valence-corrected chi connectivity index (χ0v) is 11.8. The fourth-order valence-electron chi connectivity index (χ4n) is 1.12. The van der Waals surface area contributed by atoms with Crippen LogP contribution < -0.4 is 5.32 Å². The predicted molar refractivity (Wildman–Crippen MR) is 71.3 cm³/mol. The first-order valence-electron chi connectivity index (χ1n) is 4.65. The summed E-state index contributed by atoms with van der Waals surface area (Å²) in [5.41, 5.74) is 1.68. The van der Waals surface area contributed by atoms with Crippen LogP contribution in [-0.4, -0.2) is 21.8 Å². The van der Waals surface area contributed by atoms with Gasteiger partial charge in [0, 0.05) is 5.69 Å². The molecule has 1 amide bonds. The van der Waals surface area contributed by atoms with Crippen molar-refractivity contribution in [1.82, 2.24) is 0 Å². The second-order valence-electron chi connectivity index (χ2n) is 3.27. The molecule has 1 unspecified atom stereocenters. The molecule has 5 heteroatoms. The second-order valence-corrected chi connectivity index (χ2v) is 4.74. The first-order chi connectivity index (χ1) is 7.56. The molecule has 0 aliphatic heterocycles. The van der Waals surface area contributed by atoms with Crippen molar-refractivity contribution in [2.45, 2.75) is 11.8 Å². The highest BCUT2D eigenvalue weighted by molar-refractivity contribution is 9.10. The van der Waals surface area contributed by atoms with Crippen molar-refractivity contribution in [3.63, 3.8) is 0 Å². The van der Waals surface area contributed by atoms with Crippen LogP contribution in [0.1, 0.15) is 5.56 Å². The van der Waals surface area contributed by atoms with E-state index >= 15 is 0 Å². The Hall–Kier alpha value is -0.680. The molecule has 16 heavy (non-hydrogen) atoms. The van der Waals surface area contributed by atoms with E-state index in [1.807, 2.05) is 25.1 Å². The van der Waals surface area contributed by atoms with Crippen LogP contribution in [0.25, 0.3) is 0 Å². The van der Waals surface area contributed by atoms with E-state index < -0.39 is 4.83 Å². The molecular weight excluding hydrogens is 338 g/mol. The average molecular weight is 349 g/mol. The van der Waals surface area contributed by atoms with Crippen molar-refractivity contribution < 1.29 is 9.59 Å². The third-order valence-electron chi connectivity index (χ3n) is 2.05. The van der Waals surface area contributed by atoms with Gasteiger partial charge >= 0.3 is 0 Å². The monoisotopic (exact) mass is 347 g/mol. The number of hydrogen-bond acceptors (Lipinski definition) is 2. The largest absolute Gasteiger partial charge is 0.324 e. The molecule has 0 saturated carbocycles. The minimum absolute atomic E-state index is 0.157. The highest BCUT2D eigenvalue weighted by atomic mass is 79.9. The standard InChI is InChI=1S/C11H11Br2NO2/c1-7-4-2-3-5-8(7)14-11(16)10(13)9(15)6-12/h2-5,10H,6H2,1H3,(H,14,16). The third-order valence-corrected chi connectivity index (χ3v) is 3.53. The van der Waals surface area contributed by atoms with Crippen LogP contribution in [0.5, 0.6) is 0 Å². The number of carbonyl (C=O) groups excluding carboxylic acids is 2. The lowest BCUT2D eigenvalue weighted by Crippen LogP contribution is -2.30. The lowest BCUT2D eigenvalue weighted by atomic mass is 10.2. The van der Waals surface area contributed by atoms with Crippen molar-refractivity contribution in [3.8, 4) is 0 Å². The highest BCUT2D eigenvalue weighted by Crippen LogP contribution is 2.15. The zero-order valence-electron chi connectivity index (χ0n) is 8.67. The number of halogens is 2. The van der Waals surface area contributed by atoms with E-state index in [1.54, 1.807) is 6.07 Å². The summed E-state index contributed by atoms with van der Waals surface area (Å²) in [4.78, 5) is 22.1. The number of amides is 1. The number of Topliss-reactive ketones (excluding diaryl/α,β-unsaturated/α-hetero) is 1. The van der Waals surface area contributed by atoms with Crippen LogP contribution in [-0.2, 0) is 9.59 Å². The van der Waals surface area contributed by atoms with Gasteiger partial charge in [-0.2, -0.15) is 0 Å². The zero-order chi connectivity index (χ0) is 12.1. The van der Waals surface area contributed by atoms with Gasteiger partial charge in [0.15, 0.2) is 10.6 Å². The normalized spacial score (nSPS) is 11.9. The Morgan fingerprint density at radius 3 is 2.56 bits per heavy atom. The number of ketones is 1. The average Bonchev–Trinajstić information content (AvgIpc) is 2.30. The fraction of sp³-hybridized carbons (Fsp3) is 0.273. The minimum Gasteiger partial charge on any atom is -0.324 e. The molecule has 0 radical (unpaired) electrons. The SMILES string of the molecule is Cc1ccccc1NC(=O)C(Br)C(=O)CBr. The van der Waals surface area contributed by atoms with Crippen LogP contribution in [0.4, 0.5) is 5.69 Å². The van der Waals surface area contributed by atoms with Gasteiger partial charge in [-0.3, -0.25) is 9.59 Å². The lowest BCUT2D eigenvalue weighted by Gasteiger charge is -2.10.